The highest BCUT2D eigenvalue weighted by Crippen LogP contribution is 2.32. The van der Waals surface area contributed by atoms with Gasteiger partial charge in [-0.2, -0.15) is 0 Å². The monoisotopic (exact) mass is 219 g/mol. The summed E-state index contributed by atoms with van der Waals surface area (Å²) in [6.07, 6.45) is 0. The van der Waals surface area contributed by atoms with Gasteiger partial charge in [-0.15, -0.1) is 0 Å². The summed E-state index contributed by atoms with van der Waals surface area (Å²) in [5.74, 6) is 1.89. The predicted octanol–water partition coefficient (Wildman–Crippen LogP) is 2.67. The van der Waals surface area contributed by atoms with Crippen molar-refractivity contribution in [3.05, 3.63) is 29.9 Å². The van der Waals surface area contributed by atoms with Crippen molar-refractivity contribution < 1.29 is 14.3 Å². The summed E-state index contributed by atoms with van der Waals surface area (Å²) >= 11 is 0. The van der Waals surface area contributed by atoms with E-state index in [1.807, 2.05) is 13.0 Å². The van der Waals surface area contributed by atoms with Crippen molar-refractivity contribution in [3.8, 4) is 22.8 Å². The lowest BCUT2D eigenvalue weighted by molar-refractivity contribution is 0.373. The zero-order valence-corrected chi connectivity index (χ0v) is 9.44. The van der Waals surface area contributed by atoms with E-state index in [2.05, 4.69) is 4.98 Å². The van der Waals surface area contributed by atoms with Crippen molar-refractivity contribution in [1.82, 2.24) is 4.98 Å². The fourth-order valence-electron chi connectivity index (χ4n) is 1.63. The number of phenols is 1. The summed E-state index contributed by atoms with van der Waals surface area (Å²) in [5.41, 5.74) is 1.56. The van der Waals surface area contributed by atoms with Crippen molar-refractivity contribution in [1.29, 1.82) is 0 Å². The summed E-state index contributed by atoms with van der Waals surface area (Å²) in [4.78, 5) is 4.26. The molecule has 16 heavy (non-hydrogen) atoms. The van der Waals surface area contributed by atoms with E-state index in [1.165, 1.54) is 7.11 Å². The van der Waals surface area contributed by atoms with E-state index in [9.17, 15) is 5.11 Å². The van der Waals surface area contributed by atoms with Crippen LogP contribution in [0.1, 0.15) is 11.7 Å². The van der Waals surface area contributed by atoms with Gasteiger partial charge in [-0.25, -0.2) is 4.98 Å². The van der Waals surface area contributed by atoms with Gasteiger partial charge in [0.15, 0.2) is 17.4 Å². The number of hydrogen-bond acceptors (Lipinski definition) is 4. The van der Waals surface area contributed by atoms with Crippen molar-refractivity contribution in [2.75, 3.05) is 7.11 Å². The molecule has 4 heteroatoms. The Hall–Kier alpha value is -1.97. The van der Waals surface area contributed by atoms with Crippen molar-refractivity contribution in [3.63, 3.8) is 0 Å². The number of hydrogen-bond donors (Lipinski definition) is 1. The fraction of sp³-hybridized carbons (Fsp3) is 0.250. The lowest BCUT2D eigenvalue weighted by atomic mass is 10.1. The summed E-state index contributed by atoms with van der Waals surface area (Å²) in [6, 6.07) is 5.15. The van der Waals surface area contributed by atoms with E-state index in [1.54, 1.807) is 19.1 Å². The first-order chi connectivity index (χ1) is 7.61. The van der Waals surface area contributed by atoms with E-state index in [0.29, 0.717) is 11.6 Å². The summed E-state index contributed by atoms with van der Waals surface area (Å²) < 4.78 is 10.3. The zero-order chi connectivity index (χ0) is 11.7. The molecule has 0 fully saturated rings. The molecule has 1 heterocycles. The van der Waals surface area contributed by atoms with Crippen LogP contribution >= 0.6 is 0 Å². The number of methoxy groups -OCH3 is 1. The molecular weight excluding hydrogens is 206 g/mol. The standard InChI is InChI=1S/C12H13NO3/c1-7-12(13-8(2)16-7)9-4-5-11(15-3)10(14)6-9/h4-6,14H,1-3H3. The second-order valence-electron chi connectivity index (χ2n) is 3.52. The molecule has 0 aliphatic rings. The van der Waals surface area contributed by atoms with Gasteiger partial charge in [-0.3, -0.25) is 0 Å². The Kier molecular flexibility index (Phi) is 2.56. The molecule has 1 N–H and O–H groups in total. The number of benzene rings is 1. The Morgan fingerprint density at radius 1 is 1.31 bits per heavy atom. The third-order valence-corrected chi connectivity index (χ3v) is 2.36. The van der Waals surface area contributed by atoms with Crippen LogP contribution in [0, 0.1) is 13.8 Å². The third-order valence-electron chi connectivity index (χ3n) is 2.36. The first-order valence-corrected chi connectivity index (χ1v) is 4.93. The quantitative estimate of drug-likeness (QED) is 0.843. The van der Waals surface area contributed by atoms with Gasteiger partial charge in [-0.05, 0) is 25.1 Å². The Morgan fingerprint density at radius 2 is 2.06 bits per heavy atom. The number of oxazole rings is 1. The average molecular weight is 219 g/mol. The molecule has 0 saturated carbocycles. The molecule has 1 aromatic heterocycles. The van der Waals surface area contributed by atoms with Gasteiger partial charge in [0.05, 0.1) is 7.11 Å². The van der Waals surface area contributed by atoms with Gasteiger partial charge in [-0.1, -0.05) is 0 Å². The average Bonchev–Trinajstić information content (AvgIpc) is 2.58. The first kappa shape index (κ1) is 10.5. The number of ether oxygens (including phenoxy) is 1. The van der Waals surface area contributed by atoms with Gasteiger partial charge in [0.1, 0.15) is 11.5 Å². The lowest BCUT2D eigenvalue weighted by Crippen LogP contribution is -1.85. The molecule has 0 aliphatic heterocycles. The van der Waals surface area contributed by atoms with E-state index in [0.717, 1.165) is 17.0 Å². The maximum absolute atomic E-state index is 9.67. The number of aromatic nitrogens is 1. The summed E-state index contributed by atoms with van der Waals surface area (Å²) in [5, 5.41) is 9.67. The third kappa shape index (κ3) is 1.74. The van der Waals surface area contributed by atoms with E-state index in [-0.39, 0.29) is 5.75 Å². The normalized spacial score (nSPS) is 10.4. The highest BCUT2D eigenvalue weighted by molar-refractivity contribution is 5.65. The minimum Gasteiger partial charge on any atom is -0.504 e. The SMILES string of the molecule is COc1ccc(-c2nc(C)oc2C)cc1O. The molecule has 0 radical (unpaired) electrons. The van der Waals surface area contributed by atoms with Crippen LogP contribution in [0.5, 0.6) is 11.5 Å². The van der Waals surface area contributed by atoms with Crippen LogP contribution in [-0.4, -0.2) is 17.2 Å². The van der Waals surface area contributed by atoms with Gasteiger partial charge < -0.3 is 14.3 Å². The first-order valence-electron chi connectivity index (χ1n) is 4.93. The molecule has 0 aliphatic carbocycles. The summed E-state index contributed by atoms with van der Waals surface area (Å²) in [7, 11) is 1.51. The topological polar surface area (TPSA) is 55.5 Å². The van der Waals surface area contributed by atoms with Crippen LogP contribution in [0.15, 0.2) is 22.6 Å². The second-order valence-corrected chi connectivity index (χ2v) is 3.52. The molecule has 0 unspecified atom stereocenters. The number of nitrogens with zero attached hydrogens (tertiary/aromatic N) is 1. The maximum atomic E-state index is 9.67. The molecule has 2 rings (SSSR count). The Balaban J connectivity index is 2.49. The molecule has 0 spiro atoms. The molecular formula is C12H13NO3. The molecule has 0 bridgehead atoms. The predicted molar refractivity (Wildman–Crippen MR) is 59.6 cm³/mol. The van der Waals surface area contributed by atoms with Crippen molar-refractivity contribution >= 4 is 0 Å². The van der Waals surface area contributed by atoms with Crippen molar-refractivity contribution in [2.24, 2.45) is 0 Å². The lowest BCUT2D eigenvalue weighted by Gasteiger charge is -2.04. The van der Waals surface area contributed by atoms with Crippen LogP contribution in [-0.2, 0) is 0 Å². The second kappa shape index (κ2) is 3.89. The number of aryl methyl sites for hydroxylation is 2. The minimum atomic E-state index is 0.0973. The fourth-order valence-corrected chi connectivity index (χ4v) is 1.63. The van der Waals surface area contributed by atoms with Gasteiger partial charge >= 0.3 is 0 Å². The highest BCUT2D eigenvalue weighted by Gasteiger charge is 2.11. The highest BCUT2D eigenvalue weighted by atomic mass is 16.5. The van der Waals surface area contributed by atoms with E-state index < -0.39 is 0 Å². The Morgan fingerprint density at radius 3 is 2.56 bits per heavy atom. The number of phenolic OH excluding ortho intramolecular Hbond substituents is 1. The minimum absolute atomic E-state index is 0.0973. The Labute approximate surface area is 93.5 Å². The van der Waals surface area contributed by atoms with Crippen LogP contribution in [0.3, 0.4) is 0 Å². The Bertz CT molecular complexity index is 517. The van der Waals surface area contributed by atoms with Gasteiger partial charge in [0.25, 0.3) is 0 Å². The van der Waals surface area contributed by atoms with Crippen LogP contribution < -0.4 is 4.74 Å². The van der Waals surface area contributed by atoms with Crippen LogP contribution in [0.25, 0.3) is 11.3 Å². The van der Waals surface area contributed by atoms with Gasteiger partial charge in [0, 0.05) is 12.5 Å². The van der Waals surface area contributed by atoms with Crippen molar-refractivity contribution in [2.45, 2.75) is 13.8 Å². The number of rotatable bonds is 2. The maximum Gasteiger partial charge on any atom is 0.191 e. The molecule has 0 atom stereocenters. The molecule has 0 amide bonds. The molecule has 1 aromatic carbocycles. The molecule has 4 nitrogen and oxygen atoms in total. The molecule has 84 valence electrons. The zero-order valence-electron chi connectivity index (χ0n) is 9.44. The molecule has 0 saturated heterocycles. The number of aromatic hydroxyl groups is 1. The molecule has 2 aromatic rings. The smallest absolute Gasteiger partial charge is 0.191 e. The van der Waals surface area contributed by atoms with Crippen LogP contribution in [0.2, 0.25) is 0 Å². The van der Waals surface area contributed by atoms with Crippen LogP contribution in [0.4, 0.5) is 0 Å². The van der Waals surface area contributed by atoms with Gasteiger partial charge in [0.2, 0.25) is 0 Å². The van der Waals surface area contributed by atoms with E-state index in [4.69, 9.17) is 9.15 Å². The van der Waals surface area contributed by atoms with E-state index >= 15 is 0 Å². The summed E-state index contributed by atoms with van der Waals surface area (Å²) in [6.45, 7) is 3.64. The largest absolute Gasteiger partial charge is 0.504 e.